The number of ketones is 1. The first-order valence-corrected chi connectivity index (χ1v) is 14.6. The monoisotopic (exact) mass is 531 g/mol. The highest BCUT2D eigenvalue weighted by molar-refractivity contribution is 5.83. The Morgan fingerprint density at radius 2 is 1.92 bits per heavy atom. The molecule has 3 aromatic rings. The normalized spacial score (nSPS) is 19.2. The second-order valence-electron chi connectivity index (χ2n) is 11.2. The highest BCUT2D eigenvalue weighted by Crippen LogP contribution is 2.59. The van der Waals surface area contributed by atoms with E-state index in [1.165, 1.54) is 0 Å². The van der Waals surface area contributed by atoms with Crippen LogP contribution in [-0.4, -0.2) is 51.0 Å². The Kier molecular flexibility index (Phi) is 8.60. The molecule has 0 unspecified atom stereocenters. The summed E-state index contributed by atoms with van der Waals surface area (Å²) in [5.41, 5.74) is 2.08. The summed E-state index contributed by atoms with van der Waals surface area (Å²) in [6.07, 6.45) is 13.3. The number of Topliss-reactive ketones (excluding diaryl/α,β-unsaturated/α-hetero) is 1. The van der Waals surface area contributed by atoms with E-state index in [-0.39, 0.29) is 23.3 Å². The lowest BCUT2D eigenvalue weighted by atomic mass is 9.90. The third-order valence-electron chi connectivity index (χ3n) is 8.71. The van der Waals surface area contributed by atoms with Gasteiger partial charge in [-0.05, 0) is 87.5 Å². The first-order chi connectivity index (χ1) is 19.0. The second-order valence-corrected chi connectivity index (χ2v) is 11.2. The highest BCUT2D eigenvalue weighted by Gasteiger charge is 2.58. The van der Waals surface area contributed by atoms with E-state index in [1.54, 1.807) is 12.4 Å². The van der Waals surface area contributed by atoms with Gasteiger partial charge in [0, 0.05) is 36.7 Å². The average molecular weight is 532 g/mol. The summed E-state index contributed by atoms with van der Waals surface area (Å²) in [7, 11) is 0. The summed E-state index contributed by atoms with van der Waals surface area (Å²) in [6.45, 7) is 7.37. The molecule has 0 bridgehead atoms. The molecule has 0 radical (unpaired) electrons. The maximum absolute atomic E-state index is 13.4. The van der Waals surface area contributed by atoms with Gasteiger partial charge in [0.15, 0.2) is 5.76 Å². The topological polar surface area (TPSA) is 93.3 Å². The number of nitrogens with one attached hydrogen (secondary N) is 1. The first-order valence-electron chi connectivity index (χ1n) is 14.6. The molecule has 1 saturated carbocycles. The molecular weight excluding hydrogens is 490 g/mol. The van der Waals surface area contributed by atoms with Crippen molar-refractivity contribution in [2.45, 2.75) is 77.7 Å². The van der Waals surface area contributed by atoms with Crippen molar-refractivity contribution in [3.63, 3.8) is 0 Å². The number of likely N-dealkylation sites (tertiary alicyclic amines) is 1. The van der Waals surface area contributed by atoms with Crippen LogP contribution in [0.1, 0.15) is 83.6 Å². The van der Waals surface area contributed by atoms with E-state index in [2.05, 4.69) is 27.2 Å². The smallest absolute Gasteiger partial charge is 0.224 e. The quantitative estimate of drug-likeness (QED) is 0.283. The average Bonchev–Trinajstić information content (AvgIpc) is 3.34. The third kappa shape index (κ3) is 6.49. The Labute approximate surface area is 231 Å². The van der Waals surface area contributed by atoms with Gasteiger partial charge < -0.3 is 14.6 Å². The summed E-state index contributed by atoms with van der Waals surface area (Å²) in [6, 6.07) is 9.61. The number of amides is 1. The van der Waals surface area contributed by atoms with Gasteiger partial charge in [-0.25, -0.2) is 9.67 Å². The van der Waals surface area contributed by atoms with Gasteiger partial charge in [0.1, 0.15) is 11.8 Å². The summed E-state index contributed by atoms with van der Waals surface area (Å²) >= 11 is 0. The predicted octanol–water partition coefficient (Wildman–Crippen LogP) is 5.74. The van der Waals surface area contributed by atoms with Crippen molar-refractivity contribution in [3.8, 4) is 17.0 Å². The summed E-state index contributed by atoms with van der Waals surface area (Å²) in [5.74, 6) is 1.76. The molecule has 2 atom stereocenters. The third-order valence-corrected chi connectivity index (χ3v) is 8.71. The number of benzene rings is 1. The molecule has 2 aliphatic rings. The number of nitrogens with zero attached hydrogens (tertiary/aromatic N) is 4. The van der Waals surface area contributed by atoms with Crippen LogP contribution in [0.25, 0.3) is 17.0 Å². The van der Waals surface area contributed by atoms with Crippen molar-refractivity contribution in [2.75, 3.05) is 19.6 Å². The van der Waals surface area contributed by atoms with Crippen molar-refractivity contribution in [1.29, 1.82) is 0 Å². The molecule has 1 N–H and O–H groups in total. The van der Waals surface area contributed by atoms with Gasteiger partial charge in [-0.15, -0.1) is 0 Å². The maximum Gasteiger partial charge on any atom is 0.224 e. The zero-order chi connectivity index (χ0) is 27.2. The lowest BCUT2D eigenvalue weighted by Crippen LogP contribution is -2.37. The minimum atomic E-state index is -0.273. The van der Waals surface area contributed by atoms with Gasteiger partial charge in [0.2, 0.25) is 11.8 Å². The Morgan fingerprint density at radius 1 is 1.13 bits per heavy atom. The van der Waals surface area contributed by atoms with Crippen LogP contribution in [0.2, 0.25) is 0 Å². The Hall–Kier alpha value is -3.26. The van der Waals surface area contributed by atoms with E-state index < -0.39 is 0 Å². The van der Waals surface area contributed by atoms with Gasteiger partial charge in [0.05, 0.1) is 11.9 Å². The van der Waals surface area contributed by atoms with Crippen LogP contribution in [0, 0.1) is 11.3 Å². The number of hydrogen-bond acceptors (Lipinski definition) is 6. The van der Waals surface area contributed by atoms with Crippen molar-refractivity contribution >= 4 is 11.7 Å². The van der Waals surface area contributed by atoms with E-state index in [0.29, 0.717) is 30.3 Å². The molecule has 1 aliphatic carbocycles. The second kappa shape index (κ2) is 12.3. The van der Waals surface area contributed by atoms with Crippen molar-refractivity contribution in [3.05, 3.63) is 54.8 Å². The van der Waals surface area contributed by atoms with Crippen molar-refractivity contribution in [1.82, 2.24) is 25.0 Å². The number of unbranched alkanes of at least 4 members (excludes halogenated alkanes) is 2. The van der Waals surface area contributed by atoms with E-state index in [9.17, 15) is 9.59 Å². The van der Waals surface area contributed by atoms with Crippen LogP contribution in [0.4, 0.5) is 0 Å². The van der Waals surface area contributed by atoms with Crippen molar-refractivity contribution < 1.29 is 14.0 Å². The number of aromatic nitrogens is 3. The molecule has 39 heavy (non-hydrogen) atoms. The molecule has 3 heterocycles. The van der Waals surface area contributed by atoms with E-state index in [4.69, 9.17) is 4.42 Å². The largest absolute Gasteiger partial charge is 0.438 e. The van der Waals surface area contributed by atoms with Gasteiger partial charge in [-0.3, -0.25) is 9.59 Å². The number of carbonyl (C=O) groups is 2. The zero-order valence-electron chi connectivity index (χ0n) is 23.3. The molecule has 1 amide bonds. The van der Waals surface area contributed by atoms with Crippen LogP contribution < -0.4 is 5.32 Å². The van der Waals surface area contributed by atoms with E-state index in [0.717, 1.165) is 75.8 Å². The maximum atomic E-state index is 13.4. The minimum Gasteiger partial charge on any atom is -0.438 e. The van der Waals surface area contributed by atoms with Gasteiger partial charge >= 0.3 is 0 Å². The number of carbonyl (C=O) groups excluding carboxylic acids is 2. The van der Waals surface area contributed by atoms with Crippen LogP contribution in [-0.2, 0) is 9.59 Å². The van der Waals surface area contributed by atoms with Crippen LogP contribution >= 0.6 is 0 Å². The Balaban J connectivity index is 1.24. The molecular formula is C31H41N5O3. The molecule has 1 saturated heterocycles. The van der Waals surface area contributed by atoms with Gasteiger partial charge in [-0.2, -0.15) is 5.10 Å². The van der Waals surface area contributed by atoms with E-state index in [1.807, 2.05) is 48.1 Å². The molecule has 8 heteroatoms. The molecule has 1 aliphatic heterocycles. The summed E-state index contributed by atoms with van der Waals surface area (Å²) < 4.78 is 8.04. The fourth-order valence-electron chi connectivity index (χ4n) is 5.92. The van der Waals surface area contributed by atoms with Gasteiger partial charge in [0.25, 0.3) is 0 Å². The van der Waals surface area contributed by atoms with Crippen LogP contribution in [0.15, 0.2) is 53.3 Å². The Bertz CT molecular complexity index is 1230. The molecule has 8 nitrogen and oxygen atoms in total. The summed E-state index contributed by atoms with van der Waals surface area (Å²) in [4.78, 5) is 32.2. The fraction of sp³-hybridized carbons (Fsp3) is 0.548. The van der Waals surface area contributed by atoms with Crippen molar-refractivity contribution in [2.24, 2.45) is 11.3 Å². The predicted molar refractivity (Wildman–Crippen MR) is 150 cm³/mol. The molecule has 2 fully saturated rings. The standard InChI is InChI=1S/C31H41N5O3/c1-3-25(37)9-6-5-7-10-27(34-29(38)26-21-31(26)15-19-35(4-2)20-16-31)30-32-22-28(39-30)23-11-13-24(14-12-23)36-18-8-17-33-36/h8,11-14,17-18,22,26-27H,3-7,9-10,15-16,19-21H2,1-2H3,(H,34,38)/t26-,27+/m1/s1. The Morgan fingerprint density at radius 3 is 2.62 bits per heavy atom. The number of oxazole rings is 1. The molecule has 1 spiro atoms. The number of rotatable bonds is 13. The molecule has 2 aromatic heterocycles. The number of hydrogen-bond donors (Lipinski definition) is 1. The summed E-state index contributed by atoms with van der Waals surface area (Å²) in [5, 5.41) is 7.59. The first kappa shape index (κ1) is 27.3. The molecule has 1 aromatic carbocycles. The van der Waals surface area contributed by atoms with E-state index >= 15 is 0 Å². The molecule has 208 valence electrons. The highest BCUT2D eigenvalue weighted by atomic mass is 16.4. The minimum absolute atomic E-state index is 0.0884. The lowest BCUT2D eigenvalue weighted by molar-refractivity contribution is -0.124. The van der Waals surface area contributed by atoms with Crippen LogP contribution in [0.3, 0.4) is 0 Å². The molecule has 5 rings (SSSR count). The number of piperidine rings is 1. The SMILES string of the molecule is CCC(=O)CCCCC[C@H](NC(=O)[C@H]1CC12CCN(CC)CC2)c1ncc(-c2ccc(-n3cccn3)cc2)o1. The van der Waals surface area contributed by atoms with Gasteiger partial charge in [-0.1, -0.05) is 26.7 Å². The van der Waals surface area contributed by atoms with Crippen LogP contribution in [0.5, 0.6) is 0 Å². The fourth-order valence-corrected chi connectivity index (χ4v) is 5.92. The zero-order valence-corrected chi connectivity index (χ0v) is 23.3. The lowest BCUT2D eigenvalue weighted by Gasteiger charge is -2.32.